The molecule has 1 unspecified atom stereocenters. The lowest BCUT2D eigenvalue weighted by Crippen LogP contribution is -2.26. The number of nitrogens with zero attached hydrogens (tertiary/aromatic N) is 3. The van der Waals surface area contributed by atoms with Crippen LogP contribution in [0.2, 0.25) is 0 Å². The summed E-state index contributed by atoms with van der Waals surface area (Å²) in [5.74, 6) is 0.778. The molecule has 2 heterocycles. The zero-order valence-electron chi connectivity index (χ0n) is 10.9. The van der Waals surface area contributed by atoms with Gasteiger partial charge < -0.3 is 20.7 Å². The van der Waals surface area contributed by atoms with Gasteiger partial charge in [0.05, 0.1) is 18.5 Å². The van der Waals surface area contributed by atoms with Crippen molar-refractivity contribution < 1.29 is 4.74 Å². The zero-order chi connectivity index (χ0) is 12.1. The Bertz CT molecular complexity index is 369. The molecule has 8 heteroatoms. The summed E-state index contributed by atoms with van der Waals surface area (Å²) in [6.07, 6.45) is 2.81. The number of ether oxygens (including phenoxy) is 1. The van der Waals surface area contributed by atoms with Crippen molar-refractivity contribution in [3.63, 3.8) is 0 Å². The van der Waals surface area contributed by atoms with Gasteiger partial charge in [-0.2, -0.15) is 5.10 Å². The molecule has 1 saturated heterocycles. The highest BCUT2D eigenvalue weighted by molar-refractivity contribution is 5.85. The summed E-state index contributed by atoms with van der Waals surface area (Å²) in [4.78, 5) is 2.24. The SMILES string of the molecule is COCCNc1cc(N2CCC(N)C2)cnn1.Cl.Cl. The van der Waals surface area contributed by atoms with Crippen LogP contribution in [0.15, 0.2) is 12.3 Å². The van der Waals surface area contributed by atoms with Crippen LogP contribution in [0.3, 0.4) is 0 Å². The van der Waals surface area contributed by atoms with Gasteiger partial charge in [0.25, 0.3) is 0 Å². The van der Waals surface area contributed by atoms with Crippen LogP contribution in [0.1, 0.15) is 6.42 Å². The van der Waals surface area contributed by atoms with Crippen LogP contribution in [0.4, 0.5) is 11.5 Å². The molecule has 0 bridgehead atoms. The lowest BCUT2D eigenvalue weighted by atomic mass is 10.3. The molecule has 1 atom stereocenters. The van der Waals surface area contributed by atoms with Crippen LogP contribution < -0.4 is 16.0 Å². The first-order valence-corrected chi connectivity index (χ1v) is 5.85. The van der Waals surface area contributed by atoms with Crippen molar-refractivity contribution >= 4 is 36.3 Å². The Morgan fingerprint density at radius 2 is 2.32 bits per heavy atom. The molecule has 1 aromatic heterocycles. The van der Waals surface area contributed by atoms with Gasteiger partial charge in [-0.25, -0.2) is 0 Å². The summed E-state index contributed by atoms with van der Waals surface area (Å²) >= 11 is 0. The summed E-state index contributed by atoms with van der Waals surface area (Å²) in [6.45, 7) is 3.27. The van der Waals surface area contributed by atoms with Crippen molar-refractivity contribution in [2.24, 2.45) is 5.73 Å². The van der Waals surface area contributed by atoms with E-state index in [1.165, 1.54) is 0 Å². The maximum atomic E-state index is 5.89. The highest BCUT2D eigenvalue weighted by Gasteiger charge is 2.19. The number of nitrogens with two attached hydrogens (primary N) is 1. The molecule has 2 rings (SSSR count). The predicted octanol–water partition coefficient (Wildman–Crippen LogP) is 0.916. The van der Waals surface area contributed by atoms with E-state index >= 15 is 0 Å². The number of nitrogens with one attached hydrogen (secondary N) is 1. The molecule has 0 aliphatic carbocycles. The fourth-order valence-electron chi connectivity index (χ4n) is 1.92. The largest absolute Gasteiger partial charge is 0.383 e. The topological polar surface area (TPSA) is 76.3 Å². The van der Waals surface area contributed by atoms with Crippen molar-refractivity contribution in [1.29, 1.82) is 0 Å². The Balaban J connectivity index is 0.00000162. The second-order valence-electron chi connectivity index (χ2n) is 4.21. The van der Waals surface area contributed by atoms with E-state index in [4.69, 9.17) is 10.5 Å². The Morgan fingerprint density at radius 3 is 2.95 bits per heavy atom. The van der Waals surface area contributed by atoms with E-state index in [9.17, 15) is 0 Å². The summed E-state index contributed by atoms with van der Waals surface area (Å²) in [5, 5.41) is 11.2. The minimum absolute atomic E-state index is 0. The number of halogens is 2. The molecule has 6 nitrogen and oxygen atoms in total. The van der Waals surface area contributed by atoms with Crippen molar-refractivity contribution in [1.82, 2.24) is 10.2 Å². The Morgan fingerprint density at radius 1 is 1.53 bits per heavy atom. The molecule has 0 spiro atoms. The highest BCUT2D eigenvalue weighted by atomic mass is 35.5. The number of methoxy groups -OCH3 is 1. The highest BCUT2D eigenvalue weighted by Crippen LogP contribution is 2.20. The smallest absolute Gasteiger partial charge is 0.150 e. The molecule has 0 radical (unpaired) electrons. The van der Waals surface area contributed by atoms with Crippen LogP contribution >= 0.6 is 24.8 Å². The molecular formula is C11H21Cl2N5O. The lowest BCUT2D eigenvalue weighted by molar-refractivity contribution is 0.210. The molecule has 1 fully saturated rings. The molecule has 19 heavy (non-hydrogen) atoms. The van der Waals surface area contributed by atoms with Crippen molar-refractivity contribution in [3.05, 3.63) is 12.3 Å². The zero-order valence-corrected chi connectivity index (χ0v) is 12.5. The first-order valence-electron chi connectivity index (χ1n) is 5.85. The van der Waals surface area contributed by atoms with E-state index in [0.717, 1.165) is 37.6 Å². The van der Waals surface area contributed by atoms with Gasteiger partial charge in [-0.1, -0.05) is 0 Å². The molecule has 110 valence electrons. The number of anilines is 2. The lowest BCUT2D eigenvalue weighted by Gasteiger charge is -2.17. The molecule has 1 aliphatic rings. The minimum Gasteiger partial charge on any atom is -0.383 e. The average Bonchev–Trinajstić information content (AvgIpc) is 2.77. The van der Waals surface area contributed by atoms with Gasteiger partial charge in [-0.15, -0.1) is 29.9 Å². The van der Waals surface area contributed by atoms with Gasteiger partial charge in [0.1, 0.15) is 0 Å². The number of aromatic nitrogens is 2. The van der Waals surface area contributed by atoms with Crippen LogP contribution in [0.5, 0.6) is 0 Å². The van der Waals surface area contributed by atoms with E-state index in [2.05, 4.69) is 20.4 Å². The maximum absolute atomic E-state index is 5.89. The first-order chi connectivity index (χ1) is 8.29. The van der Waals surface area contributed by atoms with Gasteiger partial charge in [0.2, 0.25) is 0 Å². The Kier molecular flexibility index (Phi) is 8.75. The average molecular weight is 310 g/mol. The third-order valence-corrected chi connectivity index (χ3v) is 2.84. The monoisotopic (exact) mass is 309 g/mol. The van der Waals surface area contributed by atoms with Crippen molar-refractivity contribution in [2.45, 2.75) is 12.5 Å². The summed E-state index contributed by atoms with van der Waals surface area (Å²) < 4.78 is 4.97. The van der Waals surface area contributed by atoms with Gasteiger partial charge in [-0.3, -0.25) is 0 Å². The second-order valence-corrected chi connectivity index (χ2v) is 4.21. The van der Waals surface area contributed by atoms with Crippen LogP contribution in [-0.4, -0.2) is 49.6 Å². The fraction of sp³-hybridized carbons (Fsp3) is 0.636. The van der Waals surface area contributed by atoms with Crippen molar-refractivity contribution in [2.75, 3.05) is 43.6 Å². The number of hydrogen-bond donors (Lipinski definition) is 2. The quantitative estimate of drug-likeness (QED) is 0.788. The second kappa shape index (κ2) is 9.14. The third-order valence-electron chi connectivity index (χ3n) is 2.84. The summed E-state index contributed by atoms with van der Waals surface area (Å²) in [7, 11) is 1.68. The molecule has 1 aliphatic heterocycles. The van der Waals surface area contributed by atoms with Crippen LogP contribution in [-0.2, 0) is 4.74 Å². The minimum atomic E-state index is 0. The predicted molar refractivity (Wildman–Crippen MR) is 81.7 cm³/mol. The number of hydrogen-bond acceptors (Lipinski definition) is 6. The van der Waals surface area contributed by atoms with Gasteiger partial charge in [0, 0.05) is 38.9 Å². The summed E-state index contributed by atoms with van der Waals surface area (Å²) in [5.41, 5.74) is 6.97. The van der Waals surface area contributed by atoms with E-state index < -0.39 is 0 Å². The third kappa shape index (κ3) is 5.36. The molecular weight excluding hydrogens is 289 g/mol. The van der Waals surface area contributed by atoms with E-state index in [0.29, 0.717) is 6.61 Å². The first kappa shape index (κ1) is 18.2. The van der Waals surface area contributed by atoms with Crippen LogP contribution in [0, 0.1) is 0 Å². The van der Waals surface area contributed by atoms with Crippen LogP contribution in [0.25, 0.3) is 0 Å². The molecule has 0 amide bonds. The molecule has 1 aromatic rings. The van der Waals surface area contributed by atoms with E-state index in [-0.39, 0.29) is 30.9 Å². The van der Waals surface area contributed by atoms with Crippen molar-refractivity contribution in [3.8, 4) is 0 Å². The molecule has 0 saturated carbocycles. The Labute approximate surface area is 125 Å². The van der Waals surface area contributed by atoms with E-state index in [1.807, 2.05) is 6.07 Å². The van der Waals surface area contributed by atoms with Gasteiger partial charge in [-0.05, 0) is 6.42 Å². The maximum Gasteiger partial charge on any atom is 0.150 e. The van der Waals surface area contributed by atoms with Gasteiger partial charge >= 0.3 is 0 Å². The van der Waals surface area contributed by atoms with E-state index in [1.54, 1.807) is 13.3 Å². The Hall–Kier alpha value is -0.820. The standard InChI is InChI=1S/C11H19N5O.2ClH/c1-17-5-3-13-11-6-10(7-14-15-11)16-4-2-9(12)8-16;;/h6-7,9H,2-5,8,12H2,1H3,(H,13,15);2*1H. The number of rotatable bonds is 5. The molecule has 3 N–H and O–H groups in total. The molecule has 0 aromatic carbocycles. The van der Waals surface area contributed by atoms with Gasteiger partial charge in [0.15, 0.2) is 5.82 Å². The normalized spacial score (nSPS) is 17.6. The fourth-order valence-corrected chi connectivity index (χ4v) is 1.92. The summed E-state index contributed by atoms with van der Waals surface area (Å²) in [6, 6.07) is 2.27.